The van der Waals surface area contributed by atoms with E-state index in [2.05, 4.69) is 56.3 Å². The van der Waals surface area contributed by atoms with E-state index in [0.717, 1.165) is 55.5 Å². The second-order valence-corrected chi connectivity index (χ2v) is 7.33. The normalized spacial score (nSPS) is 11.5. The Morgan fingerprint density at radius 1 is 0.867 bits per heavy atom. The number of rotatable bonds is 3. The highest BCUT2D eigenvalue weighted by Crippen LogP contribution is 2.42. The lowest BCUT2D eigenvalue weighted by atomic mass is 9.97. The molecule has 6 aromatic rings. The fourth-order valence-electron chi connectivity index (χ4n) is 4.21. The van der Waals surface area contributed by atoms with Crippen LogP contribution in [0.3, 0.4) is 0 Å². The molecular weight excluding hydrogens is 372 g/mol. The van der Waals surface area contributed by atoms with E-state index in [1.165, 1.54) is 5.39 Å². The Morgan fingerprint density at radius 3 is 2.70 bits per heavy atom. The first-order chi connectivity index (χ1) is 14.8. The number of nitrogens with one attached hydrogen (secondary N) is 2. The Balaban J connectivity index is 1.69. The van der Waals surface area contributed by atoms with Crippen molar-refractivity contribution in [3.8, 4) is 28.1 Å². The van der Waals surface area contributed by atoms with Crippen LogP contribution in [0.4, 0.5) is 0 Å². The molecule has 0 radical (unpaired) electrons. The van der Waals surface area contributed by atoms with Crippen molar-refractivity contribution in [2.75, 3.05) is 7.11 Å². The average Bonchev–Trinajstić information content (AvgIpc) is 3.42. The van der Waals surface area contributed by atoms with Crippen molar-refractivity contribution in [2.45, 2.75) is 0 Å². The summed E-state index contributed by atoms with van der Waals surface area (Å²) in [5.74, 6) is 0.842. The fraction of sp³-hybridized carbons (Fsp3) is 0.0400. The zero-order valence-electron chi connectivity index (χ0n) is 16.3. The minimum Gasteiger partial charge on any atom is -0.496 e. The van der Waals surface area contributed by atoms with Crippen LogP contribution in [0.5, 0.6) is 5.75 Å². The van der Waals surface area contributed by atoms with Gasteiger partial charge in [-0.25, -0.2) is 0 Å². The minimum atomic E-state index is 0.842. The lowest BCUT2D eigenvalue weighted by Crippen LogP contribution is -1.89. The molecule has 5 nitrogen and oxygen atoms in total. The summed E-state index contributed by atoms with van der Waals surface area (Å²) in [7, 11) is 1.72. The third kappa shape index (κ3) is 2.49. The Hall–Kier alpha value is -4.12. The standard InChI is InChI=1S/C25H18N4O/c1-30-23-7-6-19-25(24(23)16-5-4-15-8-10-27-20(15)11-16)18-12-21(28-14-22(18)29-19)17-3-2-9-26-13-17/h2-14,27,29H,1H3. The number of aromatic nitrogens is 4. The first-order valence-corrected chi connectivity index (χ1v) is 9.78. The third-order valence-corrected chi connectivity index (χ3v) is 5.63. The van der Waals surface area contributed by atoms with Gasteiger partial charge in [-0.1, -0.05) is 12.1 Å². The molecule has 5 heteroatoms. The van der Waals surface area contributed by atoms with Gasteiger partial charge in [-0.15, -0.1) is 0 Å². The van der Waals surface area contributed by atoms with Crippen LogP contribution in [0.15, 0.2) is 79.4 Å². The molecule has 0 aliphatic heterocycles. The van der Waals surface area contributed by atoms with Crippen molar-refractivity contribution >= 4 is 32.7 Å². The van der Waals surface area contributed by atoms with E-state index in [4.69, 9.17) is 4.74 Å². The Morgan fingerprint density at radius 2 is 1.83 bits per heavy atom. The van der Waals surface area contributed by atoms with Crippen LogP contribution < -0.4 is 4.74 Å². The molecule has 144 valence electrons. The molecule has 30 heavy (non-hydrogen) atoms. The first kappa shape index (κ1) is 16.8. The number of fused-ring (bicyclic) bond motifs is 4. The lowest BCUT2D eigenvalue weighted by Gasteiger charge is -2.11. The van der Waals surface area contributed by atoms with Crippen molar-refractivity contribution in [2.24, 2.45) is 0 Å². The summed E-state index contributed by atoms with van der Waals surface area (Å²) in [5.41, 5.74) is 7.21. The van der Waals surface area contributed by atoms with Crippen LogP contribution >= 0.6 is 0 Å². The molecule has 0 spiro atoms. The van der Waals surface area contributed by atoms with Crippen LogP contribution in [0.1, 0.15) is 0 Å². The van der Waals surface area contributed by atoms with Gasteiger partial charge in [-0.2, -0.15) is 0 Å². The zero-order chi connectivity index (χ0) is 20.1. The Bertz CT molecular complexity index is 1530. The second kappa shape index (κ2) is 6.46. The van der Waals surface area contributed by atoms with Crippen molar-refractivity contribution in [1.82, 2.24) is 19.9 Å². The van der Waals surface area contributed by atoms with E-state index in [0.29, 0.717) is 0 Å². The fourth-order valence-corrected chi connectivity index (χ4v) is 4.21. The number of H-pyrrole nitrogens is 2. The zero-order valence-corrected chi connectivity index (χ0v) is 16.3. The van der Waals surface area contributed by atoms with E-state index in [1.807, 2.05) is 36.8 Å². The molecule has 2 aromatic carbocycles. The molecule has 0 amide bonds. The van der Waals surface area contributed by atoms with Gasteiger partial charge in [0, 0.05) is 51.5 Å². The predicted octanol–water partition coefficient (Wildman–Crippen LogP) is 5.94. The molecule has 0 bridgehead atoms. The molecule has 0 unspecified atom stereocenters. The number of hydrogen-bond donors (Lipinski definition) is 2. The summed E-state index contributed by atoms with van der Waals surface area (Å²) in [6.45, 7) is 0. The smallest absolute Gasteiger partial charge is 0.127 e. The number of pyridine rings is 2. The second-order valence-electron chi connectivity index (χ2n) is 7.33. The number of aromatic amines is 2. The van der Waals surface area contributed by atoms with Crippen LogP contribution in [0.25, 0.3) is 55.1 Å². The molecule has 0 aliphatic carbocycles. The van der Waals surface area contributed by atoms with Gasteiger partial charge in [-0.05, 0) is 53.4 Å². The maximum absolute atomic E-state index is 5.78. The summed E-state index contributed by atoms with van der Waals surface area (Å²) in [4.78, 5) is 15.7. The summed E-state index contributed by atoms with van der Waals surface area (Å²) in [6.07, 6.45) is 7.46. The molecule has 2 N–H and O–H groups in total. The highest BCUT2D eigenvalue weighted by atomic mass is 16.5. The molecular formula is C25H18N4O. The van der Waals surface area contributed by atoms with Gasteiger partial charge in [-0.3, -0.25) is 9.97 Å². The molecule has 0 fully saturated rings. The topological polar surface area (TPSA) is 66.6 Å². The van der Waals surface area contributed by atoms with Gasteiger partial charge in [0.1, 0.15) is 5.75 Å². The van der Waals surface area contributed by atoms with E-state index >= 15 is 0 Å². The van der Waals surface area contributed by atoms with Crippen molar-refractivity contribution in [3.05, 3.63) is 79.4 Å². The monoisotopic (exact) mass is 390 g/mol. The molecule has 6 rings (SSSR count). The van der Waals surface area contributed by atoms with Gasteiger partial charge >= 0.3 is 0 Å². The van der Waals surface area contributed by atoms with Crippen molar-refractivity contribution in [3.63, 3.8) is 0 Å². The minimum absolute atomic E-state index is 0.842. The highest BCUT2D eigenvalue weighted by Gasteiger charge is 2.17. The van der Waals surface area contributed by atoms with Crippen LogP contribution in [0, 0.1) is 0 Å². The first-order valence-electron chi connectivity index (χ1n) is 9.78. The van der Waals surface area contributed by atoms with E-state index in [1.54, 1.807) is 13.3 Å². The predicted molar refractivity (Wildman–Crippen MR) is 121 cm³/mol. The van der Waals surface area contributed by atoms with Gasteiger partial charge in [0.05, 0.1) is 24.5 Å². The number of hydrogen-bond acceptors (Lipinski definition) is 3. The molecule has 0 saturated carbocycles. The molecule has 0 atom stereocenters. The largest absolute Gasteiger partial charge is 0.496 e. The quantitative estimate of drug-likeness (QED) is 0.393. The van der Waals surface area contributed by atoms with Crippen molar-refractivity contribution < 1.29 is 4.74 Å². The number of ether oxygens (including phenoxy) is 1. The summed E-state index contributed by atoms with van der Waals surface area (Å²) in [5, 5.41) is 3.43. The van der Waals surface area contributed by atoms with Gasteiger partial charge in [0.15, 0.2) is 0 Å². The van der Waals surface area contributed by atoms with E-state index < -0.39 is 0 Å². The van der Waals surface area contributed by atoms with Crippen LogP contribution in [-0.2, 0) is 0 Å². The van der Waals surface area contributed by atoms with E-state index in [9.17, 15) is 0 Å². The average molecular weight is 390 g/mol. The maximum atomic E-state index is 5.78. The SMILES string of the molecule is COc1ccc2[nH]c3cnc(-c4cccnc4)cc3c2c1-c1ccc2cc[nH]c2c1. The maximum Gasteiger partial charge on any atom is 0.127 e. The number of methoxy groups -OCH3 is 1. The highest BCUT2D eigenvalue weighted by molar-refractivity contribution is 6.16. The van der Waals surface area contributed by atoms with Gasteiger partial charge < -0.3 is 14.7 Å². The molecule has 4 aromatic heterocycles. The van der Waals surface area contributed by atoms with Crippen molar-refractivity contribution in [1.29, 1.82) is 0 Å². The molecule has 4 heterocycles. The van der Waals surface area contributed by atoms with E-state index in [-0.39, 0.29) is 0 Å². The van der Waals surface area contributed by atoms with Crippen LogP contribution in [-0.4, -0.2) is 27.0 Å². The third-order valence-electron chi connectivity index (χ3n) is 5.63. The Kier molecular flexibility index (Phi) is 3.62. The molecule has 0 saturated heterocycles. The number of nitrogens with zero attached hydrogens (tertiary/aromatic N) is 2. The molecule has 0 aliphatic rings. The van der Waals surface area contributed by atoms with Gasteiger partial charge in [0.25, 0.3) is 0 Å². The van der Waals surface area contributed by atoms with Gasteiger partial charge in [0.2, 0.25) is 0 Å². The summed E-state index contributed by atoms with van der Waals surface area (Å²) >= 11 is 0. The summed E-state index contributed by atoms with van der Waals surface area (Å²) < 4.78 is 5.78. The summed E-state index contributed by atoms with van der Waals surface area (Å²) in [6, 6.07) is 18.7. The lowest BCUT2D eigenvalue weighted by molar-refractivity contribution is 0.417. The Labute approximate surface area is 172 Å². The number of benzene rings is 2. The van der Waals surface area contributed by atoms with Crippen LogP contribution in [0.2, 0.25) is 0 Å².